The summed E-state index contributed by atoms with van der Waals surface area (Å²) in [5, 5.41) is 2.74. The number of hydrogen-bond acceptors (Lipinski definition) is 2. The van der Waals surface area contributed by atoms with E-state index < -0.39 is 0 Å². The fourth-order valence-electron chi connectivity index (χ4n) is 1.55. The zero-order valence-corrected chi connectivity index (χ0v) is 9.80. The van der Waals surface area contributed by atoms with E-state index in [1.165, 1.54) is 0 Å². The number of nitrogens with one attached hydrogen (secondary N) is 1. The third kappa shape index (κ3) is 2.04. The van der Waals surface area contributed by atoms with Crippen molar-refractivity contribution in [2.45, 2.75) is 0 Å². The summed E-state index contributed by atoms with van der Waals surface area (Å²) in [4.78, 5) is 11.1. The van der Waals surface area contributed by atoms with Gasteiger partial charge in [0.2, 0.25) is 5.91 Å². The van der Waals surface area contributed by atoms with Crippen molar-refractivity contribution in [3.05, 3.63) is 34.3 Å². The van der Waals surface area contributed by atoms with E-state index in [9.17, 15) is 4.79 Å². The SMILES string of the molecule is COc1cc(Br)ccc1C1=CC(=O)NC1. The molecule has 1 N–H and O–H groups in total. The molecule has 0 aromatic heterocycles. The normalized spacial score (nSPS) is 14.8. The van der Waals surface area contributed by atoms with Crippen molar-refractivity contribution in [1.29, 1.82) is 0 Å². The largest absolute Gasteiger partial charge is 0.496 e. The molecule has 2 rings (SSSR count). The van der Waals surface area contributed by atoms with Gasteiger partial charge in [-0.2, -0.15) is 0 Å². The Hall–Kier alpha value is -1.29. The van der Waals surface area contributed by atoms with Crippen LogP contribution in [0.2, 0.25) is 0 Å². The molecular weight excluding hydrogens is 258 g/mol. The molecule has 1 aliphatic rings. The highest BCUT2D eigenvalue weighted by molar-refractivity contribution is 9.10. The van der Waals surface area contributed by atoms with Gasteiger partial charge in [0.15, 0.2) is 0 Å². The monoisotopic (exact) mass is 267 g/mol. The Morgan fingerprint density at radius 1 is 1.47 bits per heavy atom. The first kappa shape index (κ1) is 10.2. The predicted octanol–water partition coefficient (Wildman–Crippen LogP) is 1.97. The van der Waals surface area contributed by atoms with Gasteiger partial charge in [-0.25, -0.2) is 0 Å². The van der Waals surface area contributed by atoms with Crippen LogP contribution in [-0.4, -0.2) is 19.6 Å². The molecule has 0 spiro atoms. The van der Waals surface area contributed by atoms with Crippen LogP contribution >= 0.6 is 15.9 Å². The summed E-state index contributed by atoms with van der Waals surface area (Å²) >= 11 is 3.38. The molecule has 1 heterocycles. The quantitative estimate of drug-likeness (QED) is 0.890. The number of carbonyl (C=O) groups is 1. The third-order valence-corrected chi connectivity index (χ3v) is 2.76. The molecule has 3 nitrogen and oxygen atoms in total. The first-order valence-electron chi connectivity index (χ1n) is 4.53. The van der Waals surface area contributed by atoms with Crippen molar-refractivity contribution in [3.8, 4) is 5.75 Å². The Bertz CT molecular complexity index is 440. The number of methoxy groups -OCH3 is 1. The fourth-order valence-corrected chi connectivity index (χ4v) is 1.89. The topological polar surface area (TPSA) is 38.3 Å². The second-order valence-electron chi connectivity index (χ2n) is 3.23. The van der Waals surface area contributed by atoms with Gasteiger partial charge >= 0.3 is 0 Å². The zero-order chi connectivity index (χ0) is 10.8. The maximum Gasteiger partial charge on any atom is 0.244 e. The van der Waals surface area contributed by atoms with Gasteiger partial charge in [0, 0.05) is 22.7 Å². The van der Waals surface area contributed by atoms with Gasteiger partial charge in [0.05, 0.1) is 7.11 Å². The highest BCUT2D eigenvalue weighted by Gasteiger charge is 2.15. The van der Waals surface area contributed by atoms with Gasteiger partial charge in [-0.05, 0) is 23.8 Å². The molecule has 0 saturated carbocycles. The van der Waals surface area contributed by atoms with Crippen molar-refractivity contribution in [3.63, 3.8) is 0 Å². The van der Waals surface area contributed by atoms with Crippen LogP contribution < -0.4 is 10.1 Å². The summed E-state index contributed by atoms with van der Waals surface area (Å²) in [6.07, 6.45) is 1.60. The van der Waals surface area contributed by atoms with E-state index in [1.54, 1.807) is 13.2 Å². The lowest BCUT2D eigenvalue weighted by Gasteiger charge is -2.08. The van der Waals surface area contributed by atoms with Crippen molar-refractivity contribution >= 4 is 27.4 Å². The number of carbonyl (C=O) groups excluding carboxylic acids is 1. The van der Waals surface area contributed by atoms with E-state index in [4.69, 9.17) is 4.74 Å². The van der Waals surface area contributed by atoms with Gasteiger partial charge in [0.25, 0.3) is 0 Å². The average molecular weight is 268 g/mol. The number of benzene rings is 1. The average Bonchev–Trinajstić information content (AvgIpc) is 2.64. The highest BCUT2D eigenvalue weighted by Crippen LogP contribution is 2.30. The number of rotatable bonds is 2. The second-order valence-corrected chi connectivity index (χ2v) is 4.15. The number of hydrogen-bond donors (Lipinski definition) is 1. The number of halogens is 1. The lowest BCUT2D eigenvalue weighted by Crippen LogP contribution is -2.14. The van der Waals surface area contributed by atoms with Crippen molar-refractivity contribution in [1.82, 2.24) is 5.32 Å². The minimum atomic E-state index is -0.0463. The van der Waals surface area contributed by atoms with Gasteiger partial charge in [-0.15, -0.1) is 0 Å². The second kappa shape index (κ2) is 4.06. The number of ether oxygens (including phenoxy) is 1. The van der Waals surface area contributed by atoms with E-state index in [-0.39, 0.29) is 5.91 Å². The molecule has 0 bridgehead atoms. The molecule has 15 heavy (non-hydrogen) atoms. The molecule has 0 radical (unpaired) electrons. The van der Waals surface area contributed by atoms with E-state index in [0.717, 1.165) is 21.4 Å². The van der Waals surface area contributed by atoms with Gasteiger partial charge < -0.3 is 10.1 Å². The molecule has 1 aromatic carbocycles. The Kier molecular flexibility index (Phi) is 2.77. The lowest BCUT2D eigenvalue weighted by molar-refractivity contribution is -0.115. The Morgan fingerprint density at radius 2 is 2.27 bits per heavy atom. The van der Waals surface area contributed by atoms with Gasteiger partial charge in [-0.1, -0.05) is 15.9 Å². The first-order valence-corrected chi connectivity index (χ1v) is 5.32. The van der Waals surface area contributed by atoms with Crippen LogP contribution in [0, 0.1) is 0 Å². The molecule has 0 atom stereocenters. The first-order chi connectivity index (χ1) is 7.20. The summed E-state index contributed by atoms with van der Waals surface area (Å²) in [7, 11) is 1.62. The standard InChI is InChI=1S/C11H10BrNO2/c1-15-10-5-8(12)2-3-9(10)7-4-11(14)13-6-7/h2-5H,6H2,1H3,(H,13,14). The minimum absolute atomic E-state index is 0.0463. The predicted molar refractivity (Wildman–Crippen MR) is 61.7 cm³/mol. The van der Waals surface area contributed by atoms with E-state index in [0.29, 0.717) is 6.54 Å². The number of amides is 1. The Morgan fingerprint density at radius 3 is 2.87 bits per heavy atom. The molecule has 1 aromatic rings. The minimum Gasteiger partial charge on any atom is -0.496 e. The molecule has 1 amide bonds. The van der Waals surface area contributed by atoms with Crippen LogP contribution in [0.3, 0.4) is 0 Å². The Balaban J connectivity index is 2.44. The molecule has 0 aliphatic carbocycles. The highest BCUT2D eigenvalue weighted by atomic mass is 79.9. The van der Waals surface area contributed by atoms with Crippen molar-refractivity contribution in [2.75, 3.05) is 13.7 Å². The summed E-state index contributed by atoms with van der Waals surface area (Å²) in [6.45, 7) is 0.566. The summed E-state index contributed by atoms with van der Waals surface area (Å²) in [6, 6.07) is 5.76. The summed E-state index contributed by atoms with van der Waals surface area (Å²) in [5.41, 5.74) is 1.92. The maximum atomic E-state index is 11.1. The van der Waals surface area contributed by atoms with Crippen LogP contribution in [0.5, 0.6) is 5.75 Å². The molecule has 0 saturated heterocycles. The van der Waals surface area contributed by atoms with Gasteiger partial charge in [-0.3, -0.25) is 4.79 Å². The molecular formula is C11H10BrNO2. The van der Waals surface area contributed by atoms with Gasteiger partial charge in [0.1, 0.15) is 5.75 Å². The molecule has 0 fully saturated rings. The fraction of sp³-hybridized carbons (Fsp3) is 0.182. The smallest absolute Gasteiger partial charge is 0.244 e. The van der Waals surface area contributed by atoms with Crippen LogP contribution in [0.4, 0.5) is 0 Å². The van der Waals surface area contributed by atoms with Crippen LogP contribution in [0.15, 0.2) is 28.7 Å². The zero-order valence-electron chi connectivity index (χ0n) is 8.21. The summed E-state index contributed by atoms with van der Waals surface area (Å²) < 4.78 is 6.22. The van der Waals surface area contributed by atoms with Crippen LogP contribution in [0.1, 0.15) is 5.56 Å². The van der Waals surface area contributed by atoms with E-state index in [1.807, 2.05) is 18.2 Å². The van der Waals surface area contributed by atoms with E-state index >= 15 is 0 Å². The molecule has 0 unspecified atom stereocenters. The van der Waals surface area contributed by atoms with Crippen molar-refractivity contribution in [2.24, 2.45) is 0 Å². The molecule has 4 heteroatoms. The molecule has 1 aliphatic heterocycles. The Labute approximate surface area is 96.3 Å². The lowest BCUT2D eigenvalue weighted by atomic mass is 10.1. The molecule has 78 valence electrons. The van der Waals surface area contributed by atoms with Crippen LogP contribution in [-0.2, 0) is 4.79 Å². The maximum absolute atomic E-state index is 11.1. The van der Waals surface area contributed by atoms with Crippen LogP contribution in [0.25, 0.3) is 5.57 Å². The summed E-state index contributed by atoms with van der Waals surface area (Å²) in [5.74, 6) is 0.724. The van der Waals surface area contributed by atoms with E-state index in [2.05, 4.69) is 21.2 Å². The third-order valence-electron chi connectivity index (χ3n) is 2.27. The van der Waals surface area contributed by atoms with Crippen molar-refractivity contribution < 1.29 is 9.53 Å².